The van der Waals surface area contributed by atoms with E-state index in [1.54, 1.807) is 0 Å². The molecular formula is C23H24N4O. The van der Waals surface area contributed by atoms with Gasteiger partial charge in [-0.1, -0.05) is 12.1 Å². The number of carbonyl (C=O) groups excluding carboxylic acids is 1. The number of aromatic nitrogens is 3. The fourth-order valence-electron chi connectivity index (χ4n) is 4.19. The number of fused-ring (bicyclic) bond motifs is 1. The van der Waals surface area contributed by atoms with Crippen LogP contribution in [0.25, 0.3) is 16.9 Å². The van der Waals surface area contributed by atoms with Crippen LogP contribution in [0.2, 0.25) is 0 Å². The fraction of sp³-hybridized carbons (Fsp3) is 0.348. The van der Waals surface area contributed by atoms with Crippen LogP contribution in [-0.4, -0.2) is 26.5 Å². The molecule has 0 radical (unpaired) electrons. The van der Waals surface area contributed by atoms with Crippen LogP contribution < -0.4 is 4.90 Å². The number of benzene rings is 1. The van der Waals surface area contributed by atoms with Crippen molar-refractivity contribution in [3.8, 4) is 16.9 Å². The van der Waals surface area contributed by atoms with Crippen LogP contribution in [0.4, 0.5) is 5.69 Å². The first-order valence-electron chi connectivity index (χ1n) is 9.84. The maximum absolute atomic E-state index is 13.0. The second kappa shape index (κ2) is 5.77. The van der Waals surface area contributed by atoms with Crippen molar-refractivity contribution in [2.75, 3.05) is 4.90 Å². The quantitative estimate of drug-likeness (QED) is 0.687. The van der Waals surface area contributed by atoms with Gasteiger partial charge in [-0.3, -0.25) is 9.78 Å². The van der Waals surface area contributed by atoms with Crippen molar-refractivity contribution in [1.82, 2.24) is 14.5 Å². The topological polar surface area (TPSA) is 51.0 Å². The Balaban J connectivity index is 1.59. The van der Waals surface area contributed by atoms with Gasteiger partial charge in [-0.15, -0.1) is 0 Å². The summed E-state index contributed by atoms with van der Waals surface area (Å²) in [7, 11) is 0. The second-order valence-corrected chi connectivity index (χ2v) is 8.46. The van der Waals surface area contributed by atoms with E-state index in [1.807, 2.05) is 44.9 Å². The summed E-state index contributed by atoms with van der Waals surface area (Å²) < 4.78 is 2.09. The summed E-state index contributed by atoms with van der Waals surface area (Å²) in [4.78, 5) is 24.1. The zero-order valence-electron chi connectivity index (χ0n) is 16.7. The van der Waals surface area contributed by atoms with Crippen molar-refractivity contribution in [2.45, 2.75) is 52.0 Å². The maximum atomic E-state index is 13.0. The van der Waals surface area contributed by atoms with Gasteiger partial charge >= 0.3 is 0 Å². The van der Waals surface area contributed by atoms with E-state index in [-0.39, 0.29) is 5.91 Å². The number of rotatable bonds is 3. The molecule has 0 unspecified atom stereocenters. The third kappa shape index (κ3) is 2.49. The van der Waals surface area contributed by atoms with Gasteiger partial charge in [-0.2, -0.15) is 0 Å². The number of hydrogen-bond donors (Lipinski definition) is 0. The molecule has 1 amide bonds. The van der Waals surface area contributed by atoms with E-state index in [2.05, 4.69) is 40.0 Å². The zero-order valence-corrected chi connectivity index (χ0v) is 16.7. The molecule has 142 valence electrons. The Labute approximate surface area is 165 Å². The monoisotopic (exact) mass is 372 g/mol. The Kier molecular flexibility index (Phi) is 3.54. The first-order chi connectivity index (χ1) is 13.4. The number of carbonyl (C=O) groups is 1. The second-order valence-electron chi connectivity index (χ2n) is 8.46. The van der Waals surface area contributed by atoms with Gasteiger partial charge in [0.05, 0.1) is 16.8 Å². The van der Waals surface area contributed by atoms with E-state index in [4.69, 9.17) is 4.98 Å². The standard InChI is InChI=1S/C23H24N4O/c1-14-11-18(9-10-24-14)26-13-20(25-15(26)2)16-5-8-19-21(12-16)27(17-6-7-17)22(28)23(19,3)4/h5,8-13,17H,6-7H2,1-4H3. The Morgan fingerprint density at radius 1 is 1.11 bits per heavy atom. The van der Waals surface area contributed by atoms with Gasteiger partial charge < -0.3 is 9.47 Å². The van der Waals surface area contributed by atoms with Gasteiger partial charge in [-0.25, -0.2) is 4.98 Å². The molecule has 1 aliphatic carbocycles. The molecule has 28 heavy (non-hydrogen) atoms. The molecule has 3 aromatic rings. The van der Waals surface area contributed by atoms with E-state index in [9.17, 15) is 4.79 Å². The Bertz CT molecular complexity index is 1110. The van der Waals surface area contributed by atoms with E-state index < -0.39 is 5.41 Å². The van der Waals surface area contributed by atoms with Gasteiger partial charge in [-0.05, 0) is 64.3 Å². The zero-order chi connectivity index (χ0) is 19.6. The van der Waals surface area contributed by atoms with Crippen LogP contribution in [0.1, 0.15) is 43.8 Å². The van der Waals surface area contributed by atoms with Crippen molar-refractivity contribution in [3.05, 3.63) is 59.8 Å². The molecule has 3 heterocycles. The molecule has 0 bridgehead atoms. The predicted molar refractivity (Wildman–Crippen MR) is 110 cm³/mol. The number of amides is 1. The summed E-state index contributed by atoms with van der Waals surface area (Å²) in [5.41, 5.74) is 5.72. The molecule has 5 rings (SSSR count). The lowest BCUT2D eigenvalue weighted by atomic mass is 9.86. The van der Waals surface area contributed by atoms with Crippen LogP contribution >= 0.6 is 0 Å². The van der Waals surface area contributed by atoms with Crippen molar-refractivity contribution < 1.29 is 4.79 Å². The summed E-state index contributed by atoms with van der Waals surface area (Å²) in [5, 5.41) is 0. The van der Waals surface area contributed by atoms with E-state index in [0.717, 1.165) is 52.6 Å². The summed E-state index contributed by atoms with van der Waals surface area (Å²) in [5.74, 6) is 1.15. The fourth-order valence-corrected chi connectivity index (χ4v) is 4.19. The molecule has 0 spiro atoms. The molecule has 1 aliphatic heterocycles. The highest BCUT2D eigenvalue weighted by Crippen LogP contribution is 2.47. The average Bonchev–Trinajstić information content (AvgIpc) is 3.38. The normalized spacial score (nSPS) is 17.9. The van der Waals surface area contributed by atoms with Gasteiger partial charge in [0.25, 0.3) is 0 Å². The lowest BCUT2D eigenvalue weighted by Gasteiger charge is -2.19. The number of nitrogens with zero attached hydrogens (tertiary/aromatic N) is 4. The summed E-state index contributed by atoms with van der Waals surface area (Å²) in [6.07, 6.45) is 6.08. The number of aryl methyl sites for hydroxylation is 2. The molecule has 0 N–H and O–H groups in total. The predicted octanol–water partition coefficient (Wildman–Crippen LogP) is 4.34. The van der Waals surface area contributed by atoms with E-state index in [1.165, 1.54) is 0 Å². The lowest BCUT2D eigenvalue weighted by Crippen LogP contribution is -2.37. The molecular weight excluding hydrogens is 348 g/mol. The molecule has 5 heteroatoms. The van der Waals surface area contributed by atoms with Crippen LogP contribution in [-0.2, 0) is 10.2 Å². The smallest absolute Gasteiger partial charge is 0.237 e. The van der Waals surface area contributed by atoms with Crippen molar-refractivity contribution in [2.24, 2.45) is 0 Å². The molecule has 1 saturated carbocycles. The molecule has 2 aromatic heterocycles. The van der Waals surface area contributed by atoms with Crippen LogP contribution in [0.3, 0.4) is 0 Å². The van der Waals surface area contributed by atoms with E-state index >= 15 is 0 Å². The molecule has 0 saturated heterocycles. The van der Waals surface area contributed by atoms with Gasteiger partial charge in [0.15, 0.2) is 0 Å². The van der Waals surface area contributed by atoms with Crippen LogP contribution in [0, 0.1) is 13.8 Å². The lowest BCUT2D eigenvalue weighted by molar-refractivity contribution is -0.122. The van der Waals surface area contributed by atoms with Crippen molar-refractivity contribution >= 4 is 11.6 Å². The highest BCUT2D eigenvalue weighted by atomic mass is 16.2. The minimum atomic E-state index is -0.458. The summed E-state index contributed by atoms with van der Waals surface area (Å²) in [6.45, 7) is 8.06. The van der Waals surface area contributed by atoms with Crippen LogP contribution in [0.15, 0.2) is 42.7 Å². The van der Waals surface area contributed by atoms with Crippen molar-refractivity contribution in [3.63, 3.8) is 0 Å². The van der Waals surface area contributed by atoms with Crippen LogP contribution in [0.5, 0.6) is 0 Å². The number of hydrogen-bond acceptors (Lipinski definition) is 3. The number of pyridine rings is 1. The van der Waals surface area contributed by atoms with E-state index in [0.29, 0.717) is 6.04 Å². The number of imidazole rings is 1. The highest BCUT2D eigenvalue weighted by Gasteiger charge is 2.49. The van der Waals surface area contributed by atoms with Gasteiger partial charge in [0.2, 0.25) is 5.91 Å². The average molecular weight is 372 g/mol. The third-order valence-electron chi connectivity index (χ3n) is 5.93. The first-order valence-corrected chi connectivity index (χ1v) is 9.84. The Morgan fingerprint density at radius 2 is 1.89 bits per heavy atom. The molecule has 1 aromatic carbocycles. The van der Waals surface area contributed by atoms with Gasteiger partial charge in [0, 0.05) is 35.4 Å². The molecule has 1 fully saturated rings. The Morgan fingerprint density at radius 3 is 2.61 bits per heavy atom. The first kappa shape index (κ1) is 17.2. The molecule has 2 aliphatic rings. The van der Waals surface area contributed by atoms with Gasteiger partial charge in [0.1, 0.15) is 5.82 Å². The largest absolute Gasteiger partial charge is 0.308 e. The highest BCUT2D eigenvalue weighted by molar-refractivity contribution is 6.08. The summed E-state index contributed by atoms with van der Waals surface area (Å²) >= 11 is 0. The Hall–Kier alpha value is -2.95. The van der Waals surface area contributed by atoms with Crippen molar-refractivity contribution in [1.29, 1.82) is 0 Å². The minimum absolute atomic E-state index is 0.219. The number of anilines is 1. The molecule has 5 nitrogen and oxygen atoms in total. The SMILES string of the molecule is Cc1cc(-n2cc(-c3ccc4c(c3)N(C3CC3)C(=O)C4(C)C)nc2C)ccn1. The molecule has 0 atom stereocenters. The maximum Gasteiger partial charge on any atom is 0.237 e. The third-order valence-corrected chi connectivity index (χ3v) is 5.93. The summed E-state index contributed by atoms with van der Waals surface area (Å²) in [6, 6.07) is 10.7. The minimum Gasteiger partial charge on any atom is -0.308 e.